The number of nitrogens with zero attached hydrogens (tertiary/aromatic N) is 4. The summed E-state index contributed by atoms with van der Waals surface area (Å²) >= 11 is 6.45. The second kappa shape index (κ2) is 7.00. The molecule has 5 nitrogen and oxygen atoms in total. The SMILES string of the molecule is CCNC(Cc1c(Cl)c(CC)nn1C)c1ccnc(C)n1. The molecular formula is C15H22ClN5. The highest BCUT2D eigenvalue weighted by atomic mass is 35.5. The fourth-order valence-electron chi connectivity index (χ4n) is 2.43. The molecule has 2 aromatic heterocycles. The summed E-state index contributed by atoms with van der Waals surface area (Å²) in [7, 11) is 1.94. The third-order valence-electron chi connectivity index (χ3n) is 3.51. The normalized spacial score (nSPS) is 12.6. The first-order chi connectivity index (χ1) is 10.1. The molecule has 1 atom stereocenters. The molecule has 2 aromatic rings. The molecule has 0 spiro atoms. The Morgan fingerprint density at radius 3 is 2.71 bits per heavy atom. The van der Waals surface area contributed by atoms with Gasteiger partial charge in [0.2, 0.25) is 0 Å². The third-order valence-corrected chi connectivity index (χ3v) is 3.94. The maximum atomic E-state index is 6.45. The molecule has 2 heterocycles. The highest BCUT2D eigenvalue weighted by Crippen LogP contribution is 2.25. The summed E-state index contributed by atoms with van der Waals surface area (Å²) in [4.78, 5) is 8.69. The van der Waals surface area contributed by atoms with Gasteiger partial charge in [-0.25, -0.2) is 9.97 Å². The summed E-state index contributed by atoms with van der Waals surface area (Å²) in [5.74, 6) is 0.778. The van der Waals surface area contributed by atoms with Crippen molar-refractivity contribution in [1.29, 1.82) is 0 Å². The van der Waals surface area contributed by atoms with Gasteiger partial charge in [0, 0.05) is 19.7 Å². The van der Waals surface area contributed by atoms with E-state index in [0.717, 1.165) is 47.3 Å². The molecule has 0 fully saturated rings. The maximum Gasteiger partial charge on any atom is 0.125 e. The van der Waals surface area contributed by atoms with Crippen LogP contribution in [-0.2, 0) is 19.9 Å². The minimum absolute atomic E-state index is 0.106. The predicted molar refractivity (Wildman–Crippen MR) is 84.5 cm³/mol. The Balaban J connectivity index is 2.30. The average Bonchev–Trinajstić information content (AvgIpc) is 2.74. The first kappa shape index (κ1) is 15.9. The number of aryl methyl sites for hydroxylation is 3. The summed E-state index contributed by atoms with van der Waals surface area (Å²) in [6, 6.07) is 2.06. The van der Waals surface area contributed by atoms with Crippen molar-refractivity contribution in [3.8, 4) is 0 Å². The molecule has 0 saturated carbocycles. The van der Waals surface area contributed by atoms with E-state index < -0.39 is 0 Å². The smallest absolute Gasteiger partial charge is 0.125 e. The van der Waals surface area contributed by atoms with Gasteiger partial charge in [0.15, 0.2) is 0 Å². The molecular weight excluding hydrogens is 286 g/mol. The van der Waals surface area contributed by atoms with E-state index in [2.05, 4.69) is 34.2 Å². The number of hydrogen-bond donors (Lipinski definition) is 1. The van der Waals surface area contributed by atoms with E-state index in [-0.39, 0.29) is 6.04 Å². The minimum Gasteiger partial charge on any atom is -0.309 e. The number of likely N-dealkylation sites (N-methyl/N-ethyl adjacent to an activating group) is 1. The number of hydrogen-bond acceptors (Lipinski definition) is 4. The Morgan fingerprint density at radius 2 is 2.14 bits per heavy atom. The zero-order chi connectivity index (χ0) is 15.4. The van der Waals surface area contributed by atoms with E-state index in [1.54, 1.807) is 6.20 Å². The Hall–Kier alpha value is -1.46. The maximum absolute atomic E-state index is 6.45. The monoisotopic (exact) mass is 307 g/mol. The lowest BCUT2D eigenvalue weighted by molar-refractivity contribution is 0.515. The Kier molecular flexibility index (Phi) is 5.31. The lowest BCUT2D eigenvalue weighted by Crippen LogP contribution is -2.25. The number of nitrogens with one attached hydrogen (secondary N) is 1. The summed E-state index contributed by atoms with van der Waals surface area (Å²) in [5.41, 5.74) is 2.97. The average molecular weight is 308 g/mol. The molecule has 21 heavy (non-hydrogen) atoms. The molecule has 0 radical (unpaired) electrons. The van der Waals surface area contributed by atoms with Crippen molar-refractivity contribution >= 4 is 11.6 Å². The number of halogens is 1. The van der Waals surface area contributed by atoms with Crippen molar-refractivity contribution in [2.24, 2.45) is 7.05 Å². The highest BCUT2D eigenvalue weighted by Gasteiger charge is 2.19. The molecule has 0 aliphatic rings. The van der Waals surface area contributed by atoms with Gasteiger partial charge in [-0.2, -0.15) is 5.10 Å². The third kappa shape index (κ3) is 3.60. The quantitative estimate of drug-likeness (QED) is 0.891. The lowest BCUT2D eigenvalue weighted by atomic mass is 10.1. The van der Waals surface area contributed by atoms with Crippen LogP contribution in [0, 0.1) is 6.92 Å². The van der Waals surface area contributed by atoms with Crippen LogP contribution in [0.1, 0.15) is 42.8 Å². The van der Waals surface area contributed by atoms with Gasteiger partial charge in [-0.1, -0.05) is 25.4 Å². The molecule has 2 rings (SSSR count). The van der Waals surface area contributed by atoms with Gasteiger partial charge in [0.25, 0.3) is 0 Å². The molecule has 0 saturated heterocycles. The molecule has 114 valence electrons. The van der Waals surface area contributed by atoms with Crippen LogP contribution in [0.2, 0.25) is 5.02 Å². The van der Waals surface area contributed by atoms with E-state index in [1.807, 2.05) is 24.7 Å². The van der Waals surface area contributed by atoms with Crippen molar-refractivity contribution in [3.63, 3.8) is 0 Å². The van der Waals surface area contributed by atoms with Crippen molar-refractivity contribution in [2.45, 2.75) is 39.7 Å². The van der Waals surface area contributed by atoms with E-state index >= 15 is 0 Å². The van der Waals surface area contributed by atoms with Gasteiger partial charge in [-0.05, 0) is 26.0 Å². The van der Waals surface area contributed by atoms with Gasteiger partial charge < -0.3 is 5.32 Å². The van der Waals surface area contributed by atoms with E-state index in [4.69, 9.17) is 11.6 Å². The predicted octanol–water partition coefficient (Wildman–Crippen LogP) is 2.63. The zero-order valence-electron chi connectivity index (χ0n) is 13.0. The van der Waals surface area contributed by atoms with E-state index in [9.17, 15) is 0 Å². The summed E-state index contributed by atoms with van der Waals surface area (Å²) in [6.45, 7) is 6.92. The molecule has 0 aliphatic heterocycles. The van der Waals surface area contributed by atoms with Gasteiger partial charge in [0.05, 0.1) is 28.1 Å². The second-order valence-electron chi connectivity index (χ2n) is 5.03. The minimum atomic E-state index is 0.106. The van der Waals surface area contributed by atoms with Crippen molar-refractivity contribution < 1.29 is 0 Å². The van der Waals surface area contributed by atoms with Crippen LogP contribution in [0.15, 0.2) is 12.3 Å². The van der Waals surface area contributed by atoms with Crippen LogP contribution >= 0.6 is 11.6 Å². The summed E-state index contributed by atoms with van der Waals surface area (Å²) in [5, 5.41) is 8.72. The standard InChI is InChI=1S/C15H22ClN5/c1-5-11-15(16)14(21(4)20-11)9-13(17-6-2)12-7-8-18-10(3)19-12/h7-8,13,17H,5-6,9H2,1-4H3. The molecule has 6 heteroatoms. The van der Waals surface area contributed by atoms with Crippen LogP contribution in [0.4, 0.5) is 0 Å². The number of rotatable bonds is 6. The molecule has 0 aromatic carbocycles. The molecule has 1 unspecified atom stereocenters. The Bertz CT molecular complexity index is 608. The first-order valence-corrected chi connectivity index (χ1v) is 7.67. The van der Waals surface area contributed by atoms with Crippen molar-refractivity contribution in [3.05, 3.63) is 40.2 Å². The Morgan fingerprint density at radius 1 is 1.38 bits per heavy atom. The topological polar surface area (TPSA) is 55.6 Å². The van der Waals surface area contributed by atoms with Crippen LogP contribution in [0.3, 0.4) is 0 Å². The first-order valence-electron chi connectivity index (χ1n) is 7.29. The van der Waals surface area contributed by atoms with Gasteiger partial charge in [0.1, 0.15) is 5.82 Å². The van der Waals surface area contributed by atoms with E-state index in [0.29, 0.717) is 0 Å². The highest BCUT2D eigenvalue weighted by molar-refractivity contribution is 6.31. The van der Waals surface area contributed by atoms with Gasteiger partial charge in [-0.15, -0.1) is 0 Å². The summed E-state index contributed by atoms with van der Waals surface area (Å²) < 4.78 is 1.87. The largest absolute Gasteiger partial charge is 0.309 e. The molecule has 0 amide bonds. The fourth-order valence-corrected chi connectivity index (χ4v) is 2.80. The van der Waals surface area contributed by atoms with Crippen LogP contribution in [-0.4, -0.2) is 26.3 Å². The molecule has 1 N–H and O–H groups in total. The van der Waals surface area contributed by atoms with Crippen LogP contribution in [0.5, 0.6) is 0 Å². The van der Waals surface area contributed by atoms with Gasteiger partial charge in [-0.3, -0.25) is 4.68 Å². The van der Waals surface area contributed by atoms with Gasteiger partial charge >= 0.3 is 0 Å². The summed E-state index contributed by atoms with van der Waals surface area (Å²) in [6.07, 6.45) is 3.39. The number of aromatic nitrogens is 4. The molecule has 0 aliphatic carbocycles. The lowest BCUT2D eigenvalue weighted by Gasteiger charge is -2.18. The zero-order valence-corrected chi connectivity index (χ0v) is 13.8. The van der Waals surface area contributed by atoms with Crippen LogP contribution in [0.25, 0.3) is 0 Å². The van der Waals surface area contributed by atoms with Crippen molar-refractivity contribution in [1.82, 2.24) is 25.1 Å². The molecule has 0 bridgehead atoms. The van der Waals surface area contributed by atoms with Crippen LogP contribution < -0.4 is 5.32 Å². The van der Waals surface area contributed by atoms with E-state index in [1.165, 1.54) is 0 Å². The second-order valence-corrected chi connectivity index (χ2v) is 5.41. The Labute approximate surface area is 130 Å². The fraction of sp³-hybridized carbons (Fsp3) is 0.533. The van der Waals surface area contributed by atoms with Crippen molar-refractivity contribution in [2.75, 3.05) is 6.54 Å².